The van der Waals surface area contributed by atoms with Crippen LogP contribution in [0, 0.1) is 31.1 Å². The zero-order chi connectivity index (χ0) is 13.8. The highest BCUT2D eigenvalue weighted by Crippen LogP contribution is 2.23. The summed E-state index contributed by atoms with van der Waals surface area (Å²) in [7, 11) is 0. The van der Waals surface area contributed by atoms with Crippen LogP contribution in [0.1, 0.15) is 18.1 Å². The van der Waals surface area contributed by atoms with Crippen molar-refractivity contribution in [3.8, 4) is 11.8 Å². The lowest BCUT2D eigenvalue weighted by atomic mass is 10.1. The van der Waals surface area contributed by atoms with Gasteiger partial charge in [-0.2, -0.15) is 9.94 Å². The van der Waals surface area contributed by atoms with Crippen molar-refractivity contribution < 1.29 is 0 Å². The average Bonchev–Trinajstić information content (AvgIpc) is 2.87. The Labute approximate surface area is 116 Å². The molecule has 2 aromatic rings. The summed E-state index contributed by atoms with van der Waals surface area (Å²) in [5, 5.41) is 21.3. The summed E-state index contributed by atoms with van der Waals surface area (Å²) in [6.45, 7) is 6.01. The zero-order valence-electron chi connectivity index (χ0n) is 11.2. The minimum atomic E-state index is -0.0197. The van der Waals surface area contributed by atoms with Gasteiger partial charge in [0, 0.05) is 5.75 Å². The van der Waals surface area contributed by atoms with Gasteiger partial charge in [0.15, 0.2) is 0 Å². The molecule has 0 aliphatic carbocycles. The summed E-state index contributed by atoms with van der Waals surface area (Å²) in [5.41, 5.74) is 3.34. The second-order valence-corrected chi connectivity index (χ2v) is 5.42. The van der Waals surface area contributed by atoms with Crippen LogP contribution in [-0.2, 0) is 0 Å². The van der Waals surface area contributed by atoms with Gasteiger partial charge < -0.3 is 0 Å². The lowest BCUT2D eigenvalue weighted by Gasteiger charge is -2.09. The van der Waals surface area contributed by atoms with E-state index in [2.05, 4.69) is 41.5 Å². The summed E-state index contributed by atoms with van der Waals surface area (Å²) in [5.74, 6) is 0.663. The third-order valence-corrected chi connectivity index (χ3v) is 4.11. The first-order valence-corrected chi connectivity index (χ1v) is 6.99. The molecular weight excluding hydrogens is 258 g/mol. The van der Waals surface area contributed by atoms with Gasteiger partial charge in [-0.25, -0.2) is 0 Å². The van der Waals surface area contributed by atoms with E-state index in [1.54, 1.807) is 4.68 Å². The highest BCUT2D eigenvalue weighted by Gasteiger charge is 2.13. The van der Waals surface area contributed by atoms with E-state index in [1.165, 1.54) is 17.3 Å². The molecule has 1 heterocycles. The molecule has 6 heteroatoms. The van der Waals surface area contributed by atoms with Gasteiger partial charge in [-0.05, 0) is 48.4 Å². The fraction of sp³-hybridized carbons (Fsp3) is 0.385. The molecule has 0 bridgehead atoms. The summed E-state index contributed by atoms with van der Waals surface area (Å²) < 4.78 is 1.73. The lowest BCUT2D eigenvalue weighted by molar-refractivity contribution is 0.749. The first-order chi connectivity index (χ1) is 9.13. The van der Waals surface area contributed by atoms with E-state index < -0.39 is 0 Å². The molecule has 0 spiro atoms. The van der Waals surface area contributed by atoms with Crippen molar-refractivity contribution in [2.45, 2.75) is 25.9 Å². The molecule has 0 saturated carbocycles. The maximum atomic E-state index is 8.81. The highest BCUT2D eigenvalue weighted by molar-refractivity contribution is 7.99. The molecule has 2 rings (SSSR count). The van der Waals surface area contributed by atoms with E-state index in [0.717, 1.165) is 16.4 Å². The summed E-state index contributed by atoms with van der Waals surface area (Å²) in [6.07, 6.45) is 0. The SMILES string of the molecule is Cc1cccc(-n2nnnc2SC[C@@H](C)C#N)c1C. The number of nitrogens with zero attached hydrogens (tertiary/aromatic N) is 5. The maximum absolute atomic E-state index is 8.81. The number of hydrogen-bond acceptors (Lipinski definition) is 5. The van der Waals surface area contributed by atoms with E-state index in [0.29, 0.717) is 5.75 Å². The van der Waals surface area contributed by atoms with Crippen LogP contribution in [0.4, 0.5) is 0 Å². The second-order valence-electron chi connectivity index (χ2n) is 4.43. The van der Waals surface area contributed by atoms with Crippen LogP contribution >= 0.6 is 11.8 Å². The Morgan fingerprint density at radius 2 is 2.21 bits per heavy atom. The van der Waals surface area contributed by atoms with Crippen molar-refractivity contribution in [1.82, 2.24) is 20.2 Å². The van der Waals surface area contributed by atoms with Crippen LogP contribution in [0.2, 0.25) is 0 Å². The number of aromatic nitrogens is 4. The highest BCUT2D eigenvalue weighted by atomic mass is 32.2. The smallest absolute Gasteiger partial charge is 0.198 e. The topological polar surface area (TPSA) is 67.4 Å². The number of tetrazole rings is 1. The number of hydrogen-bond donors (Lipinski definition) is 0. The van der Waals surface area contributed by atoms with Crippen LogP contribution < -0.4 is 0 Å². The first-order valence-electron chi connectivity index (χ1n) is 6.01. The van der Waals surface area contributed by atoms with E-state index in [-0.39, 0.29) is 5.92 Å². The minimum absolute atomic E-state index is 0.0197. The van der Waals surface area contributed by atoms with E-state index in [1.807, 2.05) is 19.1 Å². The van der Waals surface area contributed by atoms with Crippen LogP contribution in [0.25, 0.3) is 5.69 Å². The molecule has 0 amide bonds. The van der Waals surface area contributed by atoms with Gasteiger partial charge >= 0.3 is 0 Å². The standard InChI is InChI=1S/C13H15N5S/c1-9(7-14)8-19-13-15-16-17-18(13)12-6-4-5-10(2)11(12)3/h4-6,9H,8H2,1-3H3/t9-/m0/s1. The summed E-state index contributed by atoms with van der Waals surface area (Å²) in [6, 6.07) is 8.26. The van der Waals surface area contributed by atoms with Gasteiger partial charge in [-0.3, -0.25) is 0 Å². The molecule has 5 nitrogen and oxygen atoms in total. The predicted molar refractivity (Wildman–Crippen MR) is 74.1 cm³/mol. The van der Waals surface area contributed by atoms with Crippen molar-refractivity contribution in [2.75, 3.05) is 5.75 Å². The minimum Gasteiger partial charge on any atom is -0.198 e. The van der Waals surface area contributed by atoms with Crippen molar-refractivity contribution in [3.63, 3.8) is 0 Å². The quantitative estimate of drug-likeness (QED) is 0.801. The number of thioether (sulfide) groups is 1. The van der Waals surface area contributed by atoms with Gasteiger partial charge in [0.2, 0.25) is 5.16 Å². The van der Waals surface area contributed by atoms with Crippen molar-refractivity contribution in [1.29, 1.82) is 5.26 Å². The molecule has 0 radical (unpaired) electrons. The Hall–Kier alpha value is -1.87. The predicted octanol–water partition coefficient (Wildman–Crippen LogP) is 2.53. The van der Waals surface area contributed by atoms with Gasteiger partial charge in [0.25, 0.3) is 0 Å². The fourth-order valence-corrected chi connectivity index (χ4v) is 2.45. The van der Waals surface area contributed by atoms with Crippen LogP contribution in [-0.4, -0.2) is 26.0 Å². The summed E-state index contributed by atoms with van der Waals surface area (Å²) in [4.78, 5) is 0. The molecule has 1 aromatic carbocycles. The number of rotatable bonds is 4. The van der Waals surface area contributed by atoms with E-state index in [9.17, 15) is 0 Å². The lowest BCUT2D eigenvalue weighted by Crippen LogP contribution is -2.04. The number of nitriles is 1. The third kappa shape index (κ3) is 2.93. The van der Waals surface area contributed by atoms with Gasteiger partial charge in [0.1, 0.15) is 0 Å². The largest absolute Gasteiger partial charge is 0.214 e. The van der Waals surface area contributed by atoms with Crippen LogP contribution in [0.5, 0.6) is 0 Å². The third-order valence-electron chi connectivity index (χ3n) is 2.93. The molecule has 98 valence electrons. The van der Waals surface area contributed by atoms with E-state index >= 15 is 0 Å². The van der Waals surface area contributed by atoms with E-state index in [4.69, 9.17) is 5.26 Å². The Morgan fingerprint density at radius 3 is 2.95 bits per heavy atom. The molecule has 0 saturated heterocycles. The molecule has 0 fully saturated rings. The van der Waals surface area contributed by atoms with Crippen molar-refractivity contribution in [3.05, 3.63) is 29.3 Å². The van der Waals surface area contributed by atoms with Crippen molar-refractivity contribution in [2.24, 2.45) is 5.92 Å². The average molecular weight is 273 g/mol. The molecule has 0 aliphatic rings. The molecule has 0 unspecified atom stereocenters. The number of benzene rings is 1. The Bertz CT molecular complexity index is 614. The molecule has 1 aromatic heterocycles. The van der Waals surface area contributed by atoms with Crippen LogP contribution in [0.3, 0.4) is 0 Å². The first kappa shape index (κ1) is 13.6. The zero-order valence-corrected chi connectivity index (χ0v) is 12.0. The van der Waals surface area contributed by atoms with Crippen molar-refractivity contribution >= 4 is 11.8 Å². The Morgan fingerprint density at radius 1 is 1.42 bits per heavy atom. The molecule has 1 atom stereocenters. The number of aryl methyl sites for hydroxylation is 1. The monoisotopic (exact) mass is 273 g/mol. The maximum Gasteiger partial charge on any atom is 0.214 e. The molecule has 19 heavy (non-hydrogen) atoms. The Kier molecular flexibility index (Phi) is 4.17. The van der Waals surface area contributed by atoms with Gasteiger partial charge in [-0.1, -0.05) is 23.9 Å². The molecule has 0 N–H and O–H groups in total. The second kappa shape index (κ2) is 5.85. The molecule has 0 aliphatic heterocycles. The fourth-order valence-electron chi connectivity index (χ4n) is 1.62. The molecular formula is C13H15N5S. The summed E-state index contributed by atoms with van der Waals surface area (Å²) >= 11 is 1.50. The normalized spacial score (nSPS) is 12.1. The Balaban J connectivity index is 2.29. The van der Waals surface area contributed by atoms with Gasteiger partial charge in [-0.15, -0.1) is 5.10 Å². The van der Waals surface area contributed by atoms with Crippen LogP contribution in [0.15, 0.2) is 23.4 Å². The van der Waals surface area contributed by atoms with Gasteiger partial charge in [0.05, 0.1) is 17.7 Å².